The molecule has 0 bridgehead atoms. The van der Waals surface area contributed by atoms with Gasteiger partial charge in [0.15, 0.2) is 0 Å². The first-order valence-electron chi connectivity index (χ1n) is 8.41. The van der Waals surface area contributed by atoms with Gasteiger partial charge in [-0.1, -0.05) is 18.2 Å². The number of benzene rings is 1. The number of hydrogen-bond donors (Lipinski definition) is 1. The van der Waals surface area contributed by atoms with Crippen LogP contribution in [-0.4, -0.2) is 44.5 Å². The molecule has 2 aromatic rings. The summed E-state index contributed by atoms with van der Waals surface area (Å²) in [6.45, 7) is 5.09. The maximum absolute atomic E-state index is 12.6. The maximum Gasteiger partial charge on any atom is 0.271 e. The van der Waals surface area contributed by atoms with Gasteiger partial charge in [-0.2, -0.15) is 0 Å². The Balaban J connectivity index is 1.63. The molecule has 26 heavy (non-hydrogen) atoms. The average Bonchev–Trinajstić information content (AvgIpc) is 3.14. The summed E-state index contributed by atoms with van der Waals surface area (Å²) in [6.07, 6.45) is 0.332. The van der Waals surface area contributed by atoms with Crippen LogP contribution in [0.1, 0.15) is 19.4 Å². The van der Waals surface area contributed by atoms with E-state index in [-0.39, 0.29) is 28.7 Å². The Morgan fingerprint density at radius 2 is 2.00 bits per heavy atom. The van der Waals surface area contributed by atoms with Gasteiger partial charge in [0, 0.05) is 12.2 Å². The fourth-order valence-corrected chi connectivity index (χ4v) is 4.89. The van der Waals surface area contributed by atoms with Crippen LogP contribution in [0.2, 0.25) is 0 Å². The third-order valence-electron chi connectivity index (χ3n) is 4.25. The Morgan fingerprint density at radius 1 is 1.27 bits per heavy atom. The summed E-state index contributed by atoms with van der Waals surface area (Å²) in [5.74, 6) is 0.0552. The lowest BCUT2D eigenvalue weighted by Gasteiger charge is -2.37. The van der Waals surface area contributed by atoms with E-state index in [1.165, 1.54) is 11.3 Å². The van der Waals surface area contributed by atoms with E-state index < -0.39 is 10.0 Å². The standard InChI is InChI=1S/C18H22N2O4S2/c1-13-12-24-14(2)11-20(13)17(21)10-15-5-7-16(8-6-15)19-26(22,23)18-4-3-9-25-18/h3-9,13-14,19H,10-12H2,1-2H3. The van der Waals surface area contributed by atoms with Crippen molar-refractivity contribution in [1.29, 1.82) is 0 Å². The molecule has 1 aromatic carbocycles. The molecular formula is C18H22N2O4S2. The van der Waals surface area contributed by atoms with E-state index in [1.807, 2.05) is 18.7 Å². The zero-order chi connectivity index (χ0) is 18.7. The van der Waals surface area contributed by atoms with Gasteiger partial charge in [-0.15, -0.1) is 11.3 Å². The highest BCUT2D eigenvalue weighted by molar-refractivity contribution is 7.94. The molecule has 1 saturated heterocycles. The lowest BCUT2D eigenvalue weighted by Crippen LogP contribution is -2.50. The van der Waals surface area contributed by atoms with E-state index >= 15 is 0 Å². The number of amides is 1. The first kappa shape index (κ1) is 18.9. The molecule has 0 saturated carbocycles. The number of ether oxygens (including phenoxy) is 1. The van der Waals surface area contributed by atoms with Gasteiger partial charge in [0.05, 0.1) is 25.2 Å². The van der Waals surface area contributed by atoms with Gasteiger partial charge >= 0.3 is 0 Å². The highest BCUT2D eigenvalue weighted by atomic mass is 32.2. The van der Waals surface area contributed by atoms with E-state index in [9.17, 15) is 13.2 Å². The molecule has 8 heteroatoms. The van der Waals surface area contributed by atoms with Crippen LogP contribution in [0.15, 0.2) is 46.0 Å². The SMILES string of the molecule is CC1CN(C(=O)Cc2ccc(NS(=O)(=O)c3cccs3)cc2)C(C)CO1. The zero-order valence-electron chi connectivity index (χ0n) is 14.7. The van der Waals surface area contributed by atoms with Crippen molar-refractivity contribution in [3.63, 3.8) is 0 Å². The average molecular weight is 395 g/mol. The molecule has 2 unspecified atom stereocenters. The molecule has 1 fully saturated rings. The van der Waals surface area contributed by atoms with E-state index in [4.69, 9.17) is 4.74 Å². The molecule has 1 aromatic heterocycles. The third kappa shape index (κ3) is 4.44. The first-order chi connectivity index (χ1) is 12.3. The number of nitrogens with zero attached hydrogens (tertiary/aromatic N) is 1. The van der Waals surface area contributed by atoms with Crippen molar-refractivity contribution in [3.8, 4) is 0 Å². The predicted molar refractivity (Wildman–Crippen MR) is 102 cm³/mol. The Hall–Kier alpha value is -1.90. The minimum absolute atomic E-state index is 0.0455. The highest BCUT2D eigenvalue weighted by Crippen LogP contribution is 2.21. The van der Waals surface area contributed by atoms with Crippen molar-refractivity contribution in [1.82, 2.24) is 4.90 Å². The monoisotopic (exact) mass is 394 g/mol. The molecule has 1 amide bonds. The summed E-state index contributed by atoms with van der Waals surface area (Å²) in [4.78, 5) is 14.4. The Labute approximate surface area is 157 Å². The zero-order valence-corrected chi connectivity index (χ0v) is 16.3. The quantitative estimate of drug-likeness (QED) is 0.846. The fraction of sp³-hybridized carbons (Fsp3) is 0.389. The second-order valence-corrected chi connectivity index (χ2v) is 9.31. The molecule has 1 N–H and O–H groups in total. The number of morpholine rings is 1. The van der Waals surface area contributed by atoms with E-state index in [0.29, 0.717) is 18.8 Å². The molecule has 1 aliphatic rings. The second-order valence-electron chi connectivity index (χ2n) is 6.45. The van der Waals surface area contributed by atoms with Gasteiger partial charge in [-0.05, 0) is 43.0 Å². The normalized spacial score (nSPS) is 20.8. The third-order valence-corrected chi connectivity index (χ3v) is 7.03. The van der Waals surface area contributed by atoms with Gasteiger partial charge in [0.2, 0.25) is 5.91 Å². The van der Waals surface area contributed by atoms with Gasteiger partial charge in [-0.25, -0.2) is 8.42 Å². The number of thiophene rings is 1. The minimum atomic E-state index is -3.56. The largest absolute Gasteiger partial charge is 0.375 e. The summed E-state index contributed by atoms with van der Waals surface area (Å²) in [5.41, 5.74) is 1.32. The van der Waals surface area contributed by atoms with E-state index in [2.05, 4.69) is 4.72 Å². The molecule has 6 nitrogen and oxygen atoms in total. The fourth-order valence-electron chi connectivity index (χ4n) is 2.84. The molecular weight excluding hydrogens is 372 g/mol. The van der Waals surface area contributed by atoms with Crippen molar-refractivity contribution >= 4 is 33.0 Å². The van der Waals surface area contributed by atoms with Crippen molar-refractivity contribution in [2.45, 2.75) is 36.6 Å². The van der Waals surface area contributed by atoms with Crippen molar-refractivity contribution < 1.29 is 17.9 Å². The van der Waals surface area contributed by atoms with Crippen LogP contribution in [0.4, 0.5) is 5.69 Å². The first-order valence-corrected chi connectivity index (χ1v) is 10.8. The molecule has 2 atom stereocenters. The van der Waals surface area contributed by atoms with Crippen LogP contribution in [0.25, 0.3) is 0 Å². The Morgan fingerprint density at radius 3 is 2.65 bits per heavy atom. The lowest BCUT2D eigenvalue weighted by atomic mass is 10.1. The van der Waals surface area contributed by atoms with Crippen molar-refractivity contribution in [2.24, 2.45) is 0 Å². The second kappa shape index (κ2) is 7.77. The van der Waals surface area contributed by atoms with Crippen LogP contribution in [0, 0.1) is 0 Å². The number of carbonyl (C=O) groups is 1. The number of carbonyl (C=O) groups excluding carboxylic acids is 1. The molecule has 140 valence electrons. The number of nitrogens with one attached hydrogen (secondary N) is 1. The van der Waals surface area contributed by atoms with Crippen LogP contribution >= 0.6 is 11.3 Å². The topological polar surface area (TPSA) is 75.7 Å². The van der Waals surface area contributed by atoms with Gasteiger partial charge in [0.25, 0.3) is 10.0 Å². The molecule has 0 aliphatic carbocycles. The van der Waals surface area contributed by atoms with Gasteiger partial charge in [0.1, 0.15) is 4.21 Å². The highest BCUT2D eigenvalue weighted by Gasteiger charge is 2.27. The molecule has 2 heterocycles. The number of anilines is 1. The summed E-state index contributed by atoms with van der Waals surface area (Å²) in [6, 6.07) is 10.2. The molecule has 0 spiro atoms. The number of rotatable bonds is 5. The summed E-state index contributed by atoms with van der Waals surface area (Å²) >= 11 is 1.17. The smallest absolute Gasteiger partial charge is 0.271 e. The summed E-state index contributed by atoms with van der Waals surface area (Å²) in [7, 11) is -3.56. The minimum Gasteiger partial charge on any atom is -0.375 e. The van der Waals surface area contributed by atoms with Gasteiger partial charge < -0.3 is 9.64 Å². The summed E-state index contributed by atoms with van der Waals surface area (Å²) < 4.78 is 32.8. The van der Waals surface area contributed by atoms with Crippen LogP contribution < -0.4 is 4.72 Å². The summed E-state index contributed by atoms with van der Waals surface area (Å²) in [5, 5.41) is 1.72. The number of hydrogen-bond acceptors (Lipinski definition) is 5. The number of sulfonamides is 1. The van der Waals surface area contributed by atoms with Gasteiger partial charge in [-0.3, -0.25) is 9.52 Å². The molecule has 0 radical (unpaired) electrons. The van der Waals surface area contributed by atoms with Crippen LogP contribution in [0.3, 0.4) is 0 Å². The van der Waals surface area contributed by atoms with Crippen molar-refractivity contribution in [3.05, 3.63) is 47.3 Å². The maximum atomic E-state index is 12.6. The van der Waals surface area contributed by atoms with Crippen molar-refractivity contribution in [2.75, 3.05) is 17.9 Å². The Kier molecular flexibility index (Phi) is 5.64. The molecule has 3 rings (SSSR count). The van der Waals surface area contributed by atoms with Crippen LogP contribution in [0.5, 0.6) is 0 Å². The van der Waals surface area contributed by atoms with E-state index in [0.717, 1.165) is 5.56 Å². The molecule has 1 aliphatic heterocycles. The van der Waals surface area contributed by atoms with E-state index in [1.54, 1.807) is 41.8 Å². The van der Waals surface area contributed by atoms with Crippen LogP contribution in [-0.2, 0) is 26.0 Å². The lowest BCUT2D eigenvalue weighted by molar-refractivity contribution is -0.142. The Bertz CT molecular complexity index is 848. The predicted octanol–water partition coefficient (Wildman–Crippen LogP) is 2.73.